The lowest BCUT2D eigenvalue weighted by molar-refractivity contribution is -0.113. The van der Waals surface area contributed by atoms with Crippen LogP contribution in [-0.2, 0) is 4.79 Å². The maximum atomic E-state index is 12.5. The zero-order valence-corrected chi connectivity index (χ0v) is 18.5. The zero-order valence-electron chi connectivity index (χ0n) is 17.6. The number of nitrogens with two attached hydrogens (primary N) is 1. The van der Waals surface area contributed by atoms with E-state index in [1.165, 1.54) is 22.9 Å². The van der Waals surface area contributed by atoms with E-state index in [-0.39, 0.29) is 17.4 Å². The van der Waals surface area contributed by atoms with Crippen molar-refractivity contribution >= 4 is 29.3 Å². The van der Waals surface area contributed by atoms with Crippen molar-refractivity contribution in [3.63, 3.8) is 0 Å². The summed E-state index contributed by atoms with van der Waals surface area (Å²) in [6.07, 6.45) is 5.28. The van der Waals surface area contributed by atoms with E-state index < -0.39 is 5.91 Å². The second-order valence-corrected chi connectivity index (χ2v) is 8.26. The number of nitrogens with zero attached hydrogens (tertiary/aromatic N) is 4. The highest BCUT2D eigenvalue weighted by molar-refractivity contribution is 7.99. The van der Waals surface area contributed by atoms with E-state index in [1.54, 1.807) is 47.4 Å². The van der Waals surface area contributed by atoms with Gasteiger partial charge in [-0.15, -0.1) is 0 Å². The van der Waals surface area contributed by atoms with Crippen LogP contribution in [0.1, 0.15) is 21.6 Å². The van der Waals surface area contributed by atoms with Gasteiger partial charge in [-0.2, -0.15) is 5.10 Å². The molecule has 0 spiro atoms. The molecule has 4 rings (SSSR count). The van der Waals surface area contributed by atoms with E-state index in [0.29, 0.717) is 5.69 Å². The standard InChI is InChI=1S/C23H22N6O2S/c1-15-11-16(2)13-19(12-15)28-10-8-25-23(28)32-14-21(30)26-17-3-5-18(6-4-17)29-9-7-20(27-29)22(24)31/h3-13H,14H2,1-2H3,(H2,24,31)(H,26,30). The molecular formula is C23H22N6O2S. The highest BCUT2D eigenvalue weighted by Gasteiger charge is 2.11. The third kappa shape index (κ3) is 4.89. The number of hydrogen-bond donors (Lipinski definition) is 2. The molecule has 0 radical (unpaired) electrons. The topological polar surface area (TPSA) is 108 Å². The van der Waals surface area contributed by atoms with Gasteiger partial charge in [0.25, 0.3) is 5.91 Å². The lowest BCUT2D eigenvalue weighted by Crippen LogP contribution is -2.14. The Morgan fingerprint density at radius 1 is 1.00 bits per heavy atom. The monoisotopic (exact) mass is 446 g/mol. The smallest absolute Gasteiger partial charge is 0.269 e. The summed E-state index contributed by atoms with van der Waals surface area (Å²) in [7, 11) is 0. The number of aryl methyl sites for hydroxylation is 2. The Morgan fingerprint density at radius 2 is 1.72 bits per heavy atom. The fourth-order valence-electron chi connectivity index (χ4n) is 3.31. The minimum absolute atomic E-state index is 0.132. The first-order valence-electron chi connectivity index (χ1n) is 9.89. The predicted molar refractivity (Wildman–Crippen MR) is 124 cm³/mol. The van der Waals surface area contributed by atoms with Gasteiger partial charge in [0.2, 0.25) is 5.91 Å². The first-order chi connectivity index (χ1) is 15.4. The molecule has 2 aromatic heterocycles. The second kappa shape index (κ2) is 9.11. The molecule has 2 aromatic carbocycles. The largest absolute Gasteiger partial charge is 0.364 e. The maximum absolute atomic E-state index is 12.5. The van der Waals surface area contributed by atoms with Gasteiger partial charge in [-0.1, -0.05) is 17.8 Å². The van der Waals surface area contributed by atoms with Gasteiger partial charge in [-0.3, -0.25) is 14.2 Å². The Balaban J connectivity index is 1.38. The molecule has 0 unspecified atom stereocenters. The van der Waals surface area contributed by atoms with Crippen LogP contribution in [0, 0.1) is 13.8 Å². The SMILES string of the molecule is Cc1cc(C)cc(-n2ccnc2SCC(=O)Nc2ccc(-n3ccc(C(N)=O)n3)cc2)c1. The van der Waals surface area contributed by atoms with Crippen LogP contribution in [0.3, 0.4) is 0 Å². The lowest BCUT2D eigenvalue weighted by Gasteiger charge is -2.10. The third-order valence-electron chi connectivity index (χ3n) is 4.68. The summed E-state index contributed by atoms with van der Waals surface area (Å²) < 4.78 is 3.53. The van der Waals surface area contributed by atoms with Crippen molar-refractivity contribution in [3.8, 4) is 11.4 Å². The van der Waals surface area contributed by atoms with E-state index >= 15 is 0 Å². The molecule has 162 valence electrons. The molecule has 3 N–H and O–H groups in total. The molecule has 9 heteroatoms. The number of rotatable bonds is 7. The van der Waals surface area contributed by atoms with Crippen molar-refractivity contribution in [1.82, 2.24) is 19.3 Å². The molecule has 4 aromatic rings. The van der Waals surface area contributed by atoms with E-state index in [1.807, 2.05) is 10.8 Å². The van der Waals surface area contributed by atoms with E-state index in [9.17, 15) is 9.59 Å². The summed E-state index contributed by atoms with van der Waals surface area (Å²) in [6, 6.07) is 15.0. The van der Waals surface area contributed by atoms with Gasteiger partial charge in [0, 0.05) is 30.0 Å². The van der Waals surface area contributed by atoms with E-state index in [2.05, 4.69) is 47.4 Å². The normalized spacial score (nSPS) is 10.8. The third-order valence-corrected chi connectivity index (χ3v) is 5.65. The quantitative estimate of drug-likeness (QED) is 0.423. The first kappa shape index (κ1) is 21.4. The molecule has 8 nitrogen and oxygen atoms in total. The van der Waals surface area contributed by atoms with Crippen molar-refractivity contribution in [2.75, 3.05) is 11.1 Å². The molecule has 0 atom stereocenters. The number of primary amides is 1. The fourth-order valence-corrected chi connectivity index (χ4v) is 4.08. The predicted octanol–water partition coefficient (Wildman–Crippen LogP) is 3.50. The summed E-state index contributed by atoms with van der Waals surface area (Å²) in [6.45, 7) is 4.12. The average molecular weight is 447 g/mol. The van der Waals surface area contributed by atoms with Gasteiger partial charge < -0.3 is 11.1 Å². The molecule has 32 heavy (non-hydrogen) atoms. The number of anilines is 1. The molecule has 0 saturated carbocycles. The summed E-state index contributed by atoms with van der Waals surface area (Å²) >= 11 is 1.38. The number of carbonyl (C=O) groups excluding carboxylic acids is 2. The fraction of sp³-hybridized carbons (Fsp3) is 0.130. The molecule has 0 bridgehead atoms. The first-order valence-corrected chi connectivity index (χ1v) is 10.9. The van der Waals surface area contributed by atoms with Crippen LogP contribution in [0.25, 0.3) is 11.4 Å². The summed E-state index contributed by atoms with van der Waals surface area (Å²) in [5, 5.41) is 7.75. The molecule has 0 aliphatic carbocycles. The summed E-state index contributed by atoms with van der Waals surface area (Å²) in [5.41, 5.74) is 10.2. The molecular weight excluding hydrogens is 424 g/mol. The number of aromatic nitrogens is 4. The van der Waals surface area contributed by atoms with E-state index in [0.717, 1.165) is 16.5 Å². The van der Waals surface area contributed by atoms with Gasteiger partial charge >= 0.3 is 0 Å². The highest BCUT2D eigenvalue weighted by Crippen LogP contribution is 2.22. The van der Waals surface area contributed by atoms with Gasteiger partial charge in [0.1, 0.15) is 5.69 Å². The Hall–Kier alpha value is -3.85. The van der Waals surface area contributed by atoms with Crippen LogP contribution in [-0.4, -0.2) is 36.9 Å². The van der Waals surface area contributed by atoms with Crippen LogP contribution < -0.4 is 11.1 Å². The van der Waals surface area contributed by atoms with Crippen LogP contribution in [0.2, 0.25) is 0 Å². The Kier molecular flexibility index (Phi) is 6.09. The van der Waals surface area contributed by atoms with Gasteiger partial charge in [0.05, 0.1) is 11.4 Å². The van der Waals surface area contributed by atoms with Crippen LogP contribution in [0.4, 0.5) is 5.69 Å². The number of imidazole rings is 1. The zero-order chi connectivity index (χ0) is 22.7. The van der Waals surface area contributed by atoms with E-state index in [4.69, 9.17) is 5.73 Å². The number of hydrogen-bond acceptors (Lipinski definition) is 5. The van der Waals surface area contributed by atoms with Crippen molar-refractivity contribution in [2.45, 2.75) is 19.0 Å². The van der Waals surface area contributed by atoms with Crippen molar-refractivity contribution < 1.29 is 9.59 Å². The average Bonchev–Trinajstić information content (AvgIpc) is 3.42. The molecule has 0 aliphatic rings. The number of benzene rings is 2. The molecule has 0 saturated heterocycles. The van der Waals surface area contributed by atoms with Crippen LogP contribution in [0.15, 0.2) is 72.3 Å². The molecule has 2 heterocycles. The van der Waals surface area contributed by atoms with Gasteiger partial charge in [0.15, 0.2) is 5.16 Å². The van der Waals surface area contributed by atoms with Crippen molar-refractivity contribution in [2.24, 2.45) is 5.73 Å². The maximum Gasteiger partial charge on any atom is 0.269 e. The Bertz CT molecular complexity index is 1260. The number of carbonyl (C=O) groups is 2. The molecule has 0 aliphatic heterocycles. The minimum Gasteiger partial charge on any atom is -0.364 e. The molecule has 2 amide bonds. The number of thioether (sulfide) groups is 1. The van der Waals surface area contributed by atoms with Gasteiger partial charge in [-0.25, -0.2) is 9.67 Å². The second-order valence-electron chi connectivity index (χ2n) is 7.32. The highest BCUT2D eigenvalue weighted by atomic mass is 32.2. The van der Waals surface area contributed by atoms with Crippen LogP contribution in [0.5, 0.6) is 0 Å². The minimum atomic E-state index is -0.580. The van der Waals surface area contributed by atoms with Crippen molar-refractivity contribution in [3.05, 3.63) is 83.9 Å². The Labute approximate surface area is 189 Å². The summed E-state index contributed by atoms with van der Waals surface area (Å²) in [4.78, 5) is 28.0. The van der Waals surface area contributed by atoms with Gasteiger partial charge in [-0.05, 0) is 67.4 Å². The molecule has 0 fully saturated rings. The number of amides is 2. The van der Waals surface area contributed by atoms with Crippen molar-refractivity contribution in [1.29, 1.82) is 0 Å². The van der Waals surface area contributed by atoms with Crippen LogP contribution >= 0.6 is 11.8 Å². The Morgan fingerprint density at radius 3 is 2.38 bits per heavy atom. The lowest BCUT2D eigenvalue weighted by atomic mass is 10.1. The number of nitrogens with one attached hydrogen (secondary N) is 1. The summed E-state index contributed by atoms with van der Waals surface area (Å²) in [5.74, 6) is -0.485.